The highest BCUT2D eigenvalue weighted by Gasteiger charge is 2.21. The molecule has 0 spiro atoms. The second-order valence-electron chi connectivity index (χ2n) is 5.49. The molecule has 0 aliphatic heterocycles. The number of rotatable bonds is 7. The number of aliphatic hydroxyl groups is 1. The second kappa shape index (κ2) is 8.37. The topological polar surface area (TPSA) is 38.7 Å². The molecule has 0 fully saturated rings. The zero-order valence-corrected chi connectivity index (χ0v) is 15.3. The van der Waals surface area contributed by atoms with Gasteiger partial charge in [0.05, 0.1) is 20.3 Å². The van der Waals surface area contributed by atoms with Gasteiger partial charge in [0.2, 0.25) is 0 Å². The zero-order chi connectivity index (χ0) is 16.8. The van der Waals surface area contributed by atoms with Crippen LogP contribution in [0.15, 0.2) is 46.9 Å². The molecule has 2 unspecified atom stereocenters. The number of hydrogen-bond donors (Lipinski definition) is 1. The molecule has 2 atom stereocenters. The number of aliphatic hydroxyl groups excluding tert-OH is 1. The van der Waals surface area contributed by atoms with Crippen LogP contribution in [0.1, 0.15) is 42.9 Å². The minimum atomic E-state index is -0.526. The monoisotopic (exact) mass is 378 g/mol. The van der Waals surface area contributed by atoms with Crippen molar-refractivity contribution in [1.82, 2.24) is 0 Å². The Balaban J connectivity index is 2.25. The third-order valence-corrected chi connectivity index (χ3v) is 4.87. The van der Waals surface area contributed by atoms with Crippen LogP contribution >= 0.6 is 15.9 Å². The molecule has 2 aromatic carbocycles. The molecule has 0 aliphatic carbocycles. The minimum absolute atomic E-state index is 0.206. The van der Waals surface area contributed by atoms with Crippen LogP contribution in [-0.4, -0.2) is 19.3 Å². The van der Waals surface area contributed by atoms with Crippen molar-refractivity contribution in [1.29, 1.82) is 0 Å². The Bertz CT molecular complexity index is 642. The minimum Gasteiger partial charge on any atom is -0.497 e. The third kappa shape index (κ3) is 4.27. The molecule has 23 heavy (non-hydrogen) atoms. The maximum Gasteiger partial charge on any atom is 0.126 e. The molecule has 3 nitrogen and oxygen atoms in total. The summed E-state index contributed by atoms with van der Waals surface area (Å²) in [6.45, 7) is 2.13. The molecule has 0 radical (unpaired) electrons. The zero-order valence-electron chi connectivity index (χ0n) is 13.8. The van der Waals surface area contributed by atoms with Crippen LogP contribution in [0.25, 0.3) is 0 Å². The molecule has 0 heterocycles. The third-order valence-electron chi connectivity index (χ3n) is 4.15. The van der Waals surface area contributed by atoms with Gasteiger partial charge in [0.15, 0.2) is 0 Å². The average Bonchev–Trinajstić information content (AvgIpc) is 2.59. The Morgan fingerprint density at radius 1 is 1.04 bits per heavy atom. The highest BCUT2D eigenvalue weighted by Crippen LogP contribution is 2.38. The molecule has 0 bridgehead atoms. The van der Waals surface area contributed by atoms with Gasteiger partial charge < -0.3 is 14.6 Å². The Labute approximate surface area is 146 Å². The van der Waals surface area contributed by atoms with Crippen molar-refractivity contribution in [3.8, 4) is 11.5 Å². The maximum absolute atomic E-state index is 10.6. The lowest BCUT2D eigenvalue weighted by Gasteiger charge is -2.22. The van der Waals surface area contributed by atoms with Gasteiger partial charge in [-0.1, -0.05) is 47.1 Å². The van der Waals surface area contributed by atoms with Crippen molar-refractivity contribution in [3.05, 3.63) is 58.1 Å². The Morgan fingerprint density at radius 3 is 2.39 bits per heavy atom. The van der Waals surface area contributed by atoms with Crippen molar-refractivity contribution in [2.45, 2.75) is 31.8 Å². The van der Waals surface area contributed by atoms with E-state index in [4.69, 9.17) is 9.47 Å². The van der Waals surface area contributed by atoms with Crippen molar-refractivity contribution in [3.63, 3.8) is 0 Å². The molecule has 0 amide bonds. The van der Waals surface area contributed by atoms with Crippen LogP contribution in [0, 0.1) is 0 Å². The van der Waals surface area contributed by atoms with E-state index in [-0.39, 0.29) is 5.92 Å². The summed E-state index contributed by atoms with van der Waals surface area (Å²) in [7, 11) is 3.30. The Morgan fingerprint density at radius 2 is 1.78 bits per heavy atom. The van der Waals surface area contributed by atoms with Gasteiger partial charge in [-0.25, -0.2) is 0 Å². The van der Waals surface area contributed by atoms with Crippen LogP contribution in [0.2, 0.25) is 0 Å². The van der Waals surface area contributed by atoms with Crippen LogP contribution in [0.3, 0.4) is 0 Å². The number of hydrogen-bond acceptors (Lipinski definition) is 3. The molecule has 4 heteroatoms. The van der Waals surface area contributed by atoms with E-state index in [1.807, 2.05) is 42.5 Å². The number of ether oxygens (including phenoxy) is 2. The Kier molecular flexibility index (Phi) is 6.48. The van der Waals surface area contributed by atoms with Gasteiger partial charge in [-0.05, 0) is 42.0 Å². The van der Waals surface area contributed by atoms with Crippen LogP contribution < -0.4 is 9.47 Å². The number of benzene rings is 2. The SMILES string of the molecule is CCC(CC(O)c1ccccc1Br)c1ccc(OC)cc1OC. The van der Waals surface area contributed by atoms with Gasteiger partial charge in [-0.15, -0.1) is 0 Å². The predicted molar refractivity (Wildman–Crippen MR) is 96.3 cm³/mol. The molecule has 0 saturated carbocycles. The molecule has 0 aliphatic rings. The predicted octanol–water partition coefficient (Wildman–Crippen LogP) is 5.08. The highest BCUT2D eigenvalue weighted by molar-refractivity contribution is 9.10. The van der Waals surface area contributed by atoms with Crippen molar-refractivity contribution in [2.24, 2.45) is 0 Å². The summed E-state index contributed by atoms with van der Waals surface area (Å²) in [6, 6.07) is 13.6. The normalized spacial score (nSPS) is 13.4. The molecule has 124 valence electrons. The fourth-order valence-electron chi connectivity index (χ4n) is 2.81. The fraction of sp³-hybridized carbons (Fsp3) is 0.368. The fourth-order valence-corrected chi connectivity index (χ4v) is 3.36. The van der Waals surface area contributed by atoms with Gasteiger partial charge in [-0.3, -0.25) is 0 Å². The molecule has 0 saturated heterocycles. The molecular weight excluding hydrogens is 356 g/mol. The number of halogens is 1. The van der Waals surface area contributed by atoms with Crippen molar-refractivity contribution >= 4 is 15.9 Å². The van der Waals surface area contributed by atoms with E-state index in [0.29, 0.717) is 6.42 Å². The summed E-state index contributed by atoms with van der Waals surface area (Å²) in [6.07, 6.45) is 1.04. The van der Waals surface area contributed by atoms with Gasteiger partial charge in [0.1, 0.15) is 11.5 Å². The lowest BCUT2D eigenvalue weighted by atomic mass is 9.88. The van der Waals surface area contributed by atoms with Crippen LogP contribution in [0.5, 0.6) is 11.5 Å². The van der Waals surface area contributed by atoms with E-state index in [2.05, 4.69) is 22.9 Å². The smallest absolute Gasteiger partial charge is 0.126 e. The quantitative estimate of drug-likeness (QED) is 0.729. The Hall–Kier alpha value is -1.52. The lowest BCUT2D eigenvalue weighted by Crippen LogP contribution is -2.08. The molecule has 1 N–H and O–H groups in total. The first-order valence-corrected chi connectivity index (χ1v) is 8.54. The van der Waals surface area contributed by atoms with E-state index in [0.717, 1.165) is 33.5 Å². The summed E-state index contributed by atoms with van der Waals surface area (Å²) in [5.74, 6) is 1.78. The van der Waals surface area contributed by atoms with E-state index in [1.54, 1.807) is 14.2 Å². The maximum atomic E-state index is 10.6. The first-order valence-electron chi connectivity index (χ1n) is 7.75. The van der Waals surface area contributed by atoms with E-state index >= 15 is 0 Å². The standard InChI is InChI=1S/C19H23BrO3/c1-4-13(11-18(21)16-7-5-6-8-17(16)20)15-10-9-14(22-2)12-19(15)23-3/h5-10,12-13,18,21H,4,11H2,1-3H3. The van der Waals surface area contributed by atoms with Crippen molar-refractivity contribution < 1.29 is 14.6 Å². The van der Waals surface area contributed by atoms with Gasteiger partial charge in [0.25, 0.3) is 0 Å². The summed E-state index contributed by atoms with van der Waals surface area (Å²) in [5, 5.41) is 10.6. The van der Waals surface area contributed by atoms with Crippen molar-refractivity contribution in [2.75, 3.05) is 14.2 Å². The summed E-state index contributed by atoms with van der Waals surface area (Å²) in [5.41, 5.74) is 2.01. The second-order valence-corrected chi connectivity index (χ2v) is 6.34. The molecule has 2 rings (SSSR count). The molecule has 0 aromatic heterocycles. The lowest BCUT2D eigenvalue weighted by molar-refractivity contribution is 0.155. The van der Waals surface area contributed by atoms with E-state index < -0.39 is 6.10 Å². The van der Waals surface area contributed by atoms with E-state index in [9.17, 15) is 5.11 Å². The summed E-state index contributed by atoms with van der Waals surface area (Å²) >= 11 is 3.51. The van der Waals surface area contributed by atoms with E-state index in [1.165, 1.54) is 0 Å². The first kappa shape index (κ1) is 17.8. The van der Waals surface area contributed by atoms with Gasteiger partial charge >= 0.3 is 0 Å². The summed E-state index contributed by atoms with van der Waals surface area (Å²) in [4.78, 5) is 0. The number of methoxy groups -OCH3 is 2. The summed E-state index contributed by atoms with van der Waals surface area (Å²) < 4.78 is 11.7. The largest absolute Gasteiger partial charge is 0.497 e. The highest BCUT2D eigenvalue weighted by atomic mass is 79.9. The average molecular weight is 379 g/mol. The van der Waals surface area contributed by atoms with Gasteiger partial charge in [0, 0.05) is 10.5 Å². The molecule has 2 aromatic rings. The molecular formula is C19H23BrO3. The first-order chi connectivity index (χ1) is 11.1. The van der Waals surface area contributed by atoms with Gasteiger partial charge in [-0.2, -0.15) is 0 Å². The van der Waals surface area contributed by atoms with Crippen LogP contribution in [0.4, 0.5) is 0 Å². The van der Waals surface area contributed by atoms with Crippen LogP contribution in [-0.2, 0) is 0 Å².